The predicted octanol–water partition coefficient (Wildman–Crippen LogP) is 1.53. The van der Waals surface area contributed by atoms with Gasteiger partial charge in [-0.3, -0.25) is 4.90 Å². The van der Waals surface area contributed by atoms with Gasteiger partial charge in [0.15, 0.2) is 0 Å². The molecule has 3 nitrogen and oxygen atoms in total. The van der Waals surface area contributed by atoms with Gasteiger partial charge >= 0.3 is 0 Å². The van der Waals surface area contributed by atoms with E-state index in [1.807, 2.05) is 25.8 Å². The van der Waals surface area contributed by atoms with Crippen molar-refractivity contribution in [1.82, 2.24) is 4.90 Å². The van der Waals surface area contributed by atoms with Crippen LogP contribution in [0.25, 0.3) is 0 Å². The molecule has 0 bridgehead atoms. The average molecular weight is 240 g/mol. The molecule has 0 aromatic heterocycles. The summed E-state index contributed by atoms with van der Waals surface area (Å²) in [5.74, 6) is -0.255. The summed E-state index contributed by atoms with van der Waals surface area (Å²) in [4.78, 5) is 2.01. The van der Waals surface area contributed by atoms with Gasteiger partial charge in [-0.25, -0.2) is 4.39 Å². The Hall–Kier alpha value is -0.970. The van der Waals surface area contributed by atoms with Gasteiger partial charge in [0.1, 0.15) is 5.82 Å². The van der Waals surface area contributed by atoms with E-state index in [2.05, 4.69) is 0 Å². The molecular weight excluding hydrogens is 219 g/mol. The lowest BCUT2D eigenvalue weighted by Gasteiger charge is -2.35. The number of aliphatic hydroxyl groups is 1. The van der Waals surface area contributed by atoms with Crippen LogP contribution in [0, 0.1) is 5.82 Å². The highest BCUT2D eigenvalue weighted by Gasteiger charge is 2.24. The van der Waals surface area contributed by atoms with E-state index in [-0.39, 0.29) is 30.5 Å². The van der Waals surface area contributed by atoms with E-state index in [0.29, 0.717) is 0 Å². The van der Waals surface area contributed by atoms with Crippen LogP contribution < -0.4 is 5.73 Å². The zero-order chi connectivity index (χ0) is 13.0. The van der Waals surface area contributed by atoms with Crippen LogP contribution in [0.1, 0.15) is 25.5 Å². The highest BCUT2D eigenvalue weighted by molar-refractivity contribution is 5.21. The van der Waals surface area contributed by atoms with Gasteiger partial charge in [0.25, 0.3) is 0 Å². The van der Waals surface area contributed by atoms with Crippen LogP contribution in [-0.4, -0.2) is 35.7 Å². The highest BCUT2D eigenvalue weighted by Crippen LogP contribution is 2.24. The Balaban J connectivity index is 2.97. The van der Waals surface area contributed by atoms with Crippen LogP contribution in [0.2, 0.25) is 0 Å². The molecule has 96 valence electrons. The Morgan fingerprint density at radius 2 is 1.82 bits per heavy atom. The number of rotatable bonds is 5. The molecule has 0 fully saturated rings. The fraction of sp³-hybridized carbons (Fsp3) is 0.538. The summed E-state index contributed by atoms with van der Waals surface area (Å²) in [7, 11) is 1.91. The Labute approximate surface area is 102 Å². The molecule has 17 heavy (non-hydrogen) atoms. The first-order chi connectivity index (χ1) is 7.97. The van der Waals surface area contributed by atoms with Gasteiger partial charge in [0.05, 0.1) is 6.61 Å². The van der Waals surface area contributed by atoms with Crippen LogP contribution in [0.4, 0.5) is 4.39 Å². The van der Waals surface area contributed by atoms with Gasteiger partial charge in [-0.1, -0.05) is 12.1 Å². The molecule has 1 aromatic carbocycles. The maximum atomic E-state index is 12.9. The first kappa shape index (κ1) is 14.1. The second kappa shape index (κ2) is 6.10. The van der Waals surface area contributed by atoms with Crippen molar-refractivity contribution in [3.63, 3.8) is 0 Å². The lowest BCUT2D eigenvalue weighted by Crippen LogP contribution is -2.43. The average Bonchev–Trinajstić information content (AvgIpc) is 2.30. The highest BCUT2D eigenvalue weighted by atomic mass is 19.1. The van der Waals surface area contributed by atoms with E-state index < -0.39 is 0 Å². The van der Waals surface area contributed by atoms with E-state index in [0.717, 1.165) is 5.56 Å². The SMILES string of the molecule is CC(N)C(c1ccc(F)cc1)N(C)C(C)CO. The Bertz CT molecular complexity index is 340. The summed E-state index contributed by atoms with van der Waals surface area (Å²) in [5, 5.41) is 9.18. The standard InChI is InChI=1S/C13H21FN2O/c1-9(8-17)16(3)13(10(2)15)11-4-6-12(14)7-5-11/h4-7,9-10,13,17H,8,15H2,1-3H3. The van der Waals surface area contributed by atoms with Gasteiger partial charge in [-0.05, 0) is 38.6 Å². The summed E-state index contributed by atoms with van der Waals surface area (Å²) in [6.07, 6.45) is 0. The quantitative estimate of drug-likeness (QED) is 0.820. The fourth-order valence-corrected chi connectivity index (χ4v) is 1.97. The van der Waals surface area contributed by atoms with Gasteiger partial charge in [0, 0.05) is 18.1 Å². The minimum atomic E-state index is -0.255. The minimum Gasteiger partial charge on any atom is -0.395 e. The number of halogens is 1. The Morgan fingerprint density at radius 1 is 1.29 bits per heavy atom. The first-order valence-electron chi connectivity index (χ1n) is 5.81. The van der Waals surface area contributed by atoms with Gasteiger partial charge < -0.3 is 10.8 Å². The largest absolute Gasteiger partial charge is 0.395 e. The van der Waals surface area contributed by atoms with Crippen molar-refractivity contribution in [3.05, 3.63) is 35.6 Å². The van der Waals surface area contributed by atoms with Crippen LogP contribution in [0.3, 0.4) is 0 Å². The molecule has 3 N–H and O–H groups in total. The number of aliphatic hydroxyl groups excluding tert-OH is 1. The molecule has 0 saturated carbocycles. The lowest BCUT2D eigenvalue weighted by molar-refractivity contribution is 0.109. The molecule has 0 saturated heterocycles. The number of hydrogen-bond acceptors (Lipinski definition) is 3. The van der Waals surface area contributed by atoms with Gasteiger partial charge in [-0.15, -0.1) is 0 Å². The molecule has 0 aliphatic heterocycles. The third-order valence-corrected chi connectivity index (χ3v) is 3.11. The number of likely N-dealkylation sites (N-methyl/N-ethyl adjacent to an activating group) is 1. The summed E-state index contributed by atoms with van der Waals surface area (Å²) < 4.78 is 12.9. The maximum Gasteiger partial charge on any atom is 0.123 e. The summed E-state index contributed by atoms with van der Waals surface area (Å²) in [6, 6.07) is 6.23. The van der Waals surface area contributed by atoms with E-state index in [1.54, 1.807) is 12.1 Å². The van der Waals surface area contributed by atoms with Crippen molar-refractivity contribution in [2.75, 3.05) is 13.7 Å². The van der Waals surface area contributed by atoms with Crippen molar-refractivity contribution in [3.8, 4) is 0 Å². The zero-order valence-electron chi connectivity index (χ0n) is 10.6. The maximum absolute atomic E-state index is 12.9. The molecule has 0 aliphatic rings. The normalized spacial score (nSPS) is 16.9. The van der Waals surface area contributed by atoms with Gasteiger partial charge in [0.2, 0.25) is 0 Å². The summed E-state index contributed by atoms with van der Waals surface area (Å²) in [5.41, 5.74) is 6.95. The molecule has 0 spiro atoms. The van der Waals surface area contributed by atoms with Gasteiger partial charge in [-0.2, -0.15) is 0 Å². The minimum absolute atomic E-state index is 0.0102. The van der Waals surface area contributed by atoms with E-state index in [9.17, 15) is 9.50 Å². The molecule has 0 amide bonds. The van der Waals surface area contributed by atoms with Crippen LogP contribution in [0.5, 0.6) is 0 Å². The van der Waals surface area contributed by atoms with Crippen molar-refractivity contribution >= 4 is 0 Å². The lowest BCUT2D eigenvalue weighted by atomic mass is 9.98. The molecule has 0 radical (unpaired) electrons. The summed E-state index contributed by atoms with van der Waals surface area (Å²) in [6.45, 7) is 3.91. The molecule has 0 heterocycles. The Kier molecular flexibility index (Phi) is 5.05. The van der Waals surface area contributed by atoms with Crippen molar-refractivity contribution in [1.29, 1.82) is 0 Å². The van der Waals surface area contributed by atoms with E-state index >= 15 is 0 Å². The second-order valence-corrected chi connectivity index (χ2v) is 4.55. The van der Waals surface area contributed by atoms with Crippen molar-refractivity contribution in [2.45, 2.75) is 32.0 Å². The second-order valence-electron chi connectivity index (χ2n) is 4.55. The molecular formula is C13H21FN2O. The molecule has 3 unspecified atom stereocenters. The number of nitrogens with zero attached hydrogens (tertiary/aromatic N) is 1. The molecule has 4 heteroatoms. The Morgan fingerprint density at radius 3 is 2.24 bits per heavy atom. The topological polar surface area (TPSA) is 49.5 Å². The smallest absolute Gasteiger partial charge is 0.123 e. The summed E-state index contributed by atoms with van der Waals surface area (Å²) >= 11 is 0. The molecule has 0 aliphatic carbocycles. The van der Waals surface area contributed by atoms with Crippen LogP contribution >= 0.6 is 0 Å². The number of nitrogens with two attached hydrogens (primary N) is 1. The third-order valence-electron chi connectivity index (χ3n) is 3.11. The molecule has 1 rings (SSSR count). The monoisotopic (exact) mass is 240 g/mol. The molecule has 1 aromatic rings. The van der Waals surface area contributed by atoms with E-state index in [4.69, 9.17) is 5.73 Å². The zero-order valence-corrected chi connectivity index (χ0v) is 10.6. The molecule has 3 atom stereocenters. The fourth-order valence-electron chi connectivity index (χ4n) is 1.97. The van der Waals surface area contributed by atoms with E-state index in [1.165, 1.54) is 12.1 Å². The van der Waals surface area contributed by atoms with Crippen molar-refractivity contribution in [2.24, 2.45) is 5.73 Å². The number of hydrogen-bond donors (Lipinski definition) is 2. The van der Waals surface area contributed by atoms with Crippen LogP contribution in [0.15, 0.2) is 24.3 Å². The first-order valence-corrected chi connectivity index (χ1v) is 5.81. The van der Waals surface area contributed by atoms with Crippen molar-refractivity contribution < 1.29 is 9.50 Å². The van der Waals surface area contributed by atoms with Crippen LogP contribution in [-0.2, 0) is 0 Å². The number of benzene rings is 1. The predicted molar refractivity (Wildman–Crippen MR) is 67.1 cm³/mol. The third kappa shape index (κ3) is 3.49.